The minimum atomic E-state index is -0.413. The Morgan fingerprint density at radius 3 is 2.19 bits per heavy atom. The van der Waals surface area contributed by atoms with Crippen LogP contribution in [-0.2, 0) is 22.6 Å². The first-order valence-electron chi connectivity index (χ1n) is 10.5. The van der Waals surface area contributed by atoms with Gasteiger partial charge in [0.05, 0.1) is 6.54 Å². The van der Waals surface area contributed by atoms with Gasteiger partial charge >= 0.3 is 0 Å². The number of primary amides is 1. The Labute approximate surface area is 188 Å². The number of carbonyl (C=O) groups excluding carboxylic acids is 2. The highest BCUT2D eigenvalue weighted by Crippen LogP contribution is 2.19. The van der Waals surface area contributed by atoms with Gasteiger partial charge in [-0.2, -0.15) is 0 Å². The van der Waals surface area contributed by atoms with E-state index >= 15 is 0 Å². The molecule has 6 heteroatoms. The Bertz CT molecular complexity index is 973. The van der Waals surface area contributed by atoms with E-state index in [2.05, 4.69) is 36.1 Å². The molecular weight excluding hydrogens is 406 g/mol. The van der Waals surface area contributed by atoms with Crippen LogP contribution in [-0.4, -0.2) is 36.3 Å². The molecule has 0 saturated carbocycles. The Balaban J connectivity index is 1.74. The summed E-state index contributed by atoms with van der Waals surface area (Å²) in [5.41, 5.74) is 7.38. The minimum absolute atomic E-state index is 0.0335. The molecule has 0 aliphatic rings. The third-order valence-corrected chi connectivity index (χ3v) is 6.03. The molecule has 162 valence electrons. The Hall–Kier alpha value is -2.96. The fraction of sp³-hybridized carbons (Fsp3) is 0.280. The summed E-state index contributed by atoms with van der Waals surface area (Å²) >= 11 is 1.76. The monoisotopic (exact) mass is 435 g/mol. The average Bonchev–Trinajstić information content (AvgIpc) is 3.18. The van der Waals surface area contributed by atoms with Crippen LogP contribution in [0.2, 0.25) is 0 Å². The lowest BCUT2D eigenvalue weighted by Crippen LogP contribution is -2.42. The highest BCUT2D eigenvalue weighted by atomic mass is 32.1. The summed E-state index contributed by atoms with van der Waals surface area (Å²) in [6.07, 6.45) is 1.000. The van der Waals surface area contributed by atoms with E-state index in [1.165, 1.54) is 15.3 Å². The van der Waals surface area contributed by atoms with E-state index in [9.17, 15) is 9.59 Å². The normalized spacial score (nSPS) is 10.9. The number of rotatable bonds is 11. The van der Waals surface area contributed by atoms with Crippen LogP contribution in [0.5, 0.6) is 0 Å². The van der Waals surface area contributed by atoms with Gasteiger partial charge in [0.25, 0.3) is 0 Å². The average molecular weight is 436 g/mol. The fourth-order valence-corrected chi connectivity index (χ4v) is 4.37. The molecule has 0 aliphatic heterocycles. The van der Waals surface area contributed by atoms with E-state index < -0.39 is 5.91 Å². The molecule has 0 bridgehead atoms. The smallest absolute Gasteiger partial charge is 0.241 e. The maximum atomic E-state index is 13.3. The zero-order valence-electron chi connectivity index (χ0n) is 17.9. The van der Waals surface area contributed by atoms with E-state index in [1.54, 1.807) is 16.2 Å². The molecule has 0 spiro atoms. The zero-order valence-corrected chi connectivity index (χ0v) is 18.7. The van der Waals surface area contributed by atoms with Crippen molar-refractivity contribution in [3.63, 3.8) is 0 Å². The second kappa shape index (κ2) is 11.4. The van der Waals surface area contributed by atoms with E-state index in [0.717, 1.165) is 25.2 Å². The lowest BCUT2D eigenvalue weighted by Gasteiger charge is -2.27. The van der Waals surface area contributed by atoms with Gasteiger partial charge in [-0.3, -0.25) is 14.5 Å². The quantitative estimate of drug-likeness (QED) is 0.495. The van der Waals surface area contributed by atoms with Crippen molar-refractivity contribution in [2.24, 2.45) is 5.73 Å². The molecule has 1 aromatic heterocycles. The first-order chi connectivity index (χ1) is 15.0. The van der Waals surface area contributed by atoms with Gasteiger partial charge in [-0.25, -0.2) is 0 Å². The summed E-state index contributed by atoms with van der Waals surface area (Å²) in [5, 5.41) is 0. The van der Waals surface area contributed by atoms with Crippen LogP contribution in [0, 0.1) is 6.92 Å². The Morgan fingerprint density at radius 1 is 0.903 bits per heavy atom. The number of anilines is 1. The molecule has 2 aromatic carbocycles. The second-order valence-electron chi connectivity index (χ2n) is 7.56. The highest BCUT2D eigenvalue weighted by molar-refractivity contribution is 7.11. The minimum Gasteiger partial charge on any atom is -0.370 e. The fourth-order valence-electron chi connectivity index (χ4n) is 3.44. The number of thiophene rings is 1. The number of para-hydroxylation sites is 1. The molecule has 5 nitrogen and oxygen atoms in total. The molecule has 0 atom stereocenters. The molecule has 0 aliphatic carbocycles. The number of nitrogens with two attached hydrogens (primary N) is 1. The highest BCUT2D eigenvalue weighted by Gasteiger charge is 2.20. The number of benzene rings is 2. The van der Waals surface area contributed by atoms with Crippen LogP contribution >= 0.6 is 11.3 Å². The second-order valence-corrected chi connectivity index (χ2v) is 8.93. The maximum Gasteiger partial charge on any atom is 0.241 e. The van der Waals surface area contributed by atoms with Crippen molar-refractivity contribution in [3.05, 3.63) is 88.1 Å². The summed E-state index contributed by atoms with van der Waals surface area (Å²) in [7, 11) is 0. The number of carbonyl (C=O) groups is 2. The summed E-state index contributed by atoms with van der Waals surface area (Å²) in [4.78, 5) is 31.0. The molecule has 2 N–H and O–H groups in total. The van der Waals surface area contributed by atoms with Crippen LogP contribution in [0.25, 0.3) is 0 Å². The summed E-state index contributed by atoms with van der Waals surface area (Å²) in [5.74, 6) is -0.447. The van der Waals surface area contributed by atoms with Crippen molar-refractivity contribution < 1.29 is 9.59 Å². The van der Waals surface area contributed by atoms with Gasteiger partial charge < -0.3 is 10.6 Å². The summed E-state index contributed by atoms with van der Waals surface area (Å²) in [6.45, 7) is 4.13. The van der Waals surface area contributed by atoms with Crippen molar-refractivity contribution in [2.45, 2.75) is 26.3 Å². The lowest BCUT2D eigenvalue weighted by molar-refractivity contribution is -0.120. The first-order valence-corrected chi connectivity index (χ1v) is 11.3. The third kappa shape index (κ3) is 7.35. The molecule has 0 saturated heterocycles. The molecule has 0 radical (unpaired) electrons. The van der Waals surface area contributed by atoms with Gasteiger partial charge in [0.15, 0.2) is 0 Å². The van der Waals surface area contributed by atoms with Crippen molar-refractivity contribution in [3.8, 4) is 0 Å². The zero-order chi connectivity index (χ0) is 22.1. The van der Waals surface area contributed by atoms with Gasteiger partial charge in [-0.05, 0) is 43.2 Å². The lowest BCUT2D eigenvalue weighted by atomic mass is 10.1. The van der Waals surface area contributed by atoms with E-state index in [4.69, 9.17) is 5.73 Å². The predicted octanol–water partition coefficient (Wildman–Crippen LogP) is 4.01. The van der Waals surface area contributed by atoms with E-state index in [1.807, 2.05) is 48.5 Å². The van der Waals surface area contributed by atoms with Crippen molar-refractivity contribution in [1.29, 1.82) is 0 Å². The Morgan fingerprint density at radius 2 is 1.58 bits per heavy atom. The van der Waals surface area contributed by atoms with Crippen molar-refractivity contribution in [2.75, 3.05) is 24.5 Å². The number of hydrogen-bond acceptors (Lipinski definition) is 4. The van der Waals surface area contributed by atoms with Crippen molar-refractivity contribution >= 4 is 28.8 Å². The molecule has 3 aromatic rings. The molecule has 0 unspecified atom stereocenters. The molecule has 0 fully saturated rings. The predicted molar refractivity (Wildman–Crippen MR) is 127 cm³/mol. The standard InChI is InChI=1S/C25H29N3O2S/c1-20-12-13-23(31-20)18-27(16-14-21-8-4-2-5-9-21)19-25(30)28(17-15-24(26)29)22-10-6-3-7-11-22/h2-13H,14-19H2,1H3,(H2,26,29). The SMILES string of the molecule is Cc1ccc(CN(CCc2ccccc2)CC(=O)N(CCC(N)=O)c2ccccc2)s1. The largest absolute Gasteiger partial charge is 0.370 e. The Kier molecular flexibility index (Phi) is 8.38. The van der Waals surface area contributed by atoms with Gasteiger partial charge in [-0.15, -0.1) is 11.3 Å². The van der Waals surface area contributed by atoms with Crippen LogP contribution in [0.4, 0.5) is 5.69 Å². The molecule has 1 heterocycles. The van der Waals surface area contributed by atoms with Gasteiger partial charge in [0, 0.05) is 41.5 Å². The number of hydrogen-bond donors (Lipinski definition) is 1. The van der Waals surface area contributed by atoms with Crippen LogP contribution in [0.15, 0.2) is 72.8 Å². The first kappa shape index (κ1) is 22.7. The molecule has 3 rings (SSSR count). The van der Waals surface area contributed by atoms with Gasteiger partial charge in [0.2, 0.25) is 11.8 Å². The van der Waals surface area contributed by atoms with E-state index in [-0.39, 0.29) is 25.4 Å². The maximum absolute atomic E-state index is 13.3. The molecule has 31 heavy (non-hydrogen) atoms. The van der Waals surface area contributed by atoms with Gasteiger partial charge in [0.1, 0.15) is 0 Å². The van der Waals surface area contributed by atoms with Crippen LogP contribution in [0.1, 0.15) is 21.7 Å². The molecular formula is C25H29N3O2S. The summed E-state index contributed by atoms with van der Waals surface area (Å²) < 4.78 is 0. The van der Waals surface area contributed by atoms with Crippen LogP contribution < -0.4 is 10.6 Å². The number of amides is 2. The van der Waals surface area contributed by atoms with E-state index in [0.29, 0.717) is 0 Å². The van der Waals surface area contributed by atoms with Crippen molar-refractivity contribution in [1.82, 2.24) is 4.90 Å². The third-order valence-electron chi connectivity index (χ3n) is 5.04. The number of nitrogens with zero attached hydrogens (tertiary/aromatic N) is 2. The topological polar surface area (TPSA) is 66.6 Å². The molecule has 2 amide bonds. The summed E-state index contributed by atoms with van der Waals surface area (Å²) in [6, 6.07) is 24.0. The van der Waals surface area contributed by atoms with Gasteiger partial charge in [-0.1, -0.05) is 48.5 Å². The van der Waals surface area contributed by atoms with Crippen LogP contribution in [0.3, 0.4) is 0 Å². The number of aryl methyl sites for hydroxylation is 1.